The third-order valence-corrected chi connectivity index (χ3v) is 1.40. The molecular weight excluding hydrogens is 118 g/mol. The molecule has 1 heterocycles. The predicted molar refractivity (Wildman–Crippen MR) is 33.0 cm³/mol. The lowest BCUT2D eigenvalue weighted by Gasteiger charge is -2.20. The van der Waals surface area contributed by atoms with Crippen molar-refractivity contribution < 1.29 is 4.79 Å². The van der Waals surface area contributed by atoms with Crippen molar-refractivity contribution >= 4 is 6.41 Å². The smallest absolute Gasteiger partial charge is 0.302 e. The molecule has 1 N–H and O–H groups in total. The summed E-state index contributed by atoms with van der Waals surface area (Å²) < 4.78 is 0. The maximum absolute atomic E-state index is 10.0. The Hall–Kier alpha value is -0.610. The van der Waals surface area contributed by atoms with Crippen LogP contribution < -0.4 is 5.32 Å². The monoisotopic (exact) mass is 128 g/mol. The normalized spacial score (nSPS) is 20.1. The summed E-state index contributed by atoms with van der Waals surface area (Å²) in [6.07, 6.45) is 1.78. The quantitative estimate of drug-likeness (QED) is 0.473. The second kappa shape index (κ2) is 2.80. The fourth-order valence-corrected chi connectivity index (χ4v) is 0.809. The summed E-state index contributed by atoms with van der Waals surface area (Å²) in [6.45, 7) is 2.60. The molecule has 0 saturated carbocycles. The average molecular weight is 128 g/mol. The Bertz CT molecular complexity index is 100. The van der Waals surface area contributed by atoms with Crippen molar-refractivity contribution in [2.75, 3.05) is 26.8 Å². The van der Waals surface area contributed by atoms with Crippen molar-refractivity contribution in [3.8, 4) is 0 Å². The third-order valence-electron chi connectivity index (χ3n) is 1.40. The Kier molecular flexibility index (Phi) is 2.02. The lowest BCUT2D eigenvalue weighted by molar-refractivity contribution is 0.0971. The van der Waals surface area contributed by atoms with Crippen LogP contribution in [0.15, 0.2) is 0 Å². The summed E-state index contributed by atoms with van der Waals surface area (Å²) >= 11 is 0. The molecule has 1 rings (SSSR count). The van der Waals surface area contributed by atoms with E-state index in [-0.39, 0.29) is 0 Å². The fourth-order valence-electron chi connectivity index (χ4n) is 0.809. The van der Waals surface area contributed by atoms with Gasteiger partial charge in [0.1, 0.15) is 0 Å². The first-order valence-electron chi connectivity index (χ1n) is 2.91. The van der Waals surface area contributed by atoms with E-state index in [2.05, 4.69) is 5.32 Å². The molecule has 0 bridgehead atoms. The first kappa shape index (κ1) is 6.51. The standard InChI is InChI=1S/C5H10N3O/c1-7(5-9)8-3-2-6-4-8/h6H,2-4H2,1H3. The van der Waals surface area contributed by atoms with Crippen LogP contribution in [0.1, 0.15) is 0 Å². The Balaban J connectivity index is 2.32. The lowest BCUT2D eigenvalue weighted by Crippen LogP contribution is -2.37. The summed E-state index contributed by atoms with van der Waals surface area (Å²) in [5.41, 5.74) is 0. The largest absolute Gasteiger partial charge is 0.327 e. The van der Waals surface area contributed by atoms with Crippen molar-refractivity contribution in [1.29, 1.82) is 0 Å². The zero-order valence-electron chi connectivity index (χ0n) is 5.42. The van der Waals surface area contributed by atoms with E-state index in [1.807, 2.05) is 5.01 Å². The predicted octanol–water partition coefficient (Wildman–Crippen LogP) is -1.24. The highest BCUT2D eigenvalue weighted by Crippen LogP contribution is 1.92. The lowest BCUT2D eigenvalue weighted by atomic mass is 10.7. The highest BCUT2D eigenvalue weighted by atomic mass is 16.1. The molecule has 1 radical (unpaired) electrons. The van der Waals surface area contributed by atoms with Crippen molar-refractivity contribution in [3.05, 3.63) is 0 Å². The van der Waals surface area contributed by atoms with E-state index >= 15 is 0 Å². The van der Waals surface area contributed by atoms with Crippen LogP contribution >= 0.6 is 0 Å². The van der Waals surface area contributed by atoms with E-state index in [1.54, 1.807) is 13.5 Å². The molecule has 0 atom stereocenters. The minimum Gasteiger partial charge on any atom is -0.302 e. The summed E-state index contributed by atoms with van der Waals surface area (Å²) in [5.74, 6) is 0. The van der Waals surface area contributed by atoms with Gasteiger partial charge in [-0.1, -0.05) is 0 Å². The summed E-state index contributed by atoms with van der Waals surface area (Å²) in [6, 6.07) is 0. The molecule has 1 aliphatic heterocycles. The summed E-state index contributed by atoms with van der Waals surface area (Å²) in [7, 11) is 1.69. The van der Waals surface area contributed by atoms with Crippen molar-refractivity contribution in [1.82, 2.24) is 15.3 Å². The van der Waals surface area contributed by atoms with Crippen LogP contribution in [0.4, 0.5) is 0 Å². The number of hydrogen-bond donors (Lipinski definition) is 1. The Morgan fingerprint density at radius 2 is 2.56 bits per heavy atom. The van der Waals surface area contributed by atoms with Crippen molar-refractivity contribution in [3.63, 3.8) is 0 Å². The van der Waals surface area contributed by atoms with Gasteiger partial charge in [-0.2, -0.15) is 0 Å². The second-order valence-corrected chi connectivity index (χ2v) is 2.00. The molecule has 1 saturated heterocycles. The van der Waals surface area contributed by atoms with Gasteiger partial charge in [0.15, 0.2) is 0 Å². The molecular formula is C5H10N3O. The van der Waals surface area contributed by atoms with Crippen LogP contribution in [0.3, 0.4) is 0 Å². The maximum Gasteiger partial charge on any atom is 0.327 e. The highest BCUT2D eigenvalue weighted by Gasteiger charge is 2.13. The van der Waals surface area contributed by atoms with Crippen LogP contribution in [0.2, 0.25) is 0 Å². The van der Waals surface area contributed by atoms with Crippen LogP contribution in [0.25, 0.3) is 0 Å². The average Bonchev–Trinajstić information content (AvgIpc) is 2.37. The Morgan fingerprint density at radius 3 is 3.00 bits per heavy atom. The SMILES string of the molecule is CN([C]=O)N1CCNC1. The molecule has 0 aromatic heterocycles. The zero-order chi connectivity index (χ0) is 6.69. The topological polar surface area (TPSA) is 35.6 Å². The van der Waals surface area contributed by atoms with Crippen LogP contribution in [-0.4, -0.2) is 43.2 Å². The third kappa shape index (κ3) is 1.40. The first-order chi connectivity index (χ1) is 4.34. The number of carbonyl (C=O) groups excluding carboxylic acids is 1. The molecule has 4 heteroatoms. The van der Waals surface area contributed by atoms with Gasteiger partial charge < -0.3 is 5.32 Å². The molecule has 1 aliphatic rings. The van der Waals surface area contributed by atoms with E-state index < -0.39 is 0 Å². The van der Waals surface area contributed by atoms with Gasteiger partial charge in [-0.05, 0) is 0 Å². The van der Waals surface area contributed by atoms with Gasteiger partial charge in [0.25, 0.3) is 0 Å². The molecule has 0 aromatic rings. The van der Waals surface area contributed by atoms with E-state index in [9.17, 15) is 4.79 Å². The van der Waals surface area contributed by atoms with Crippen LogP contribution in [-0.2, 0) is 4.79 Å². The van der Waals surface area contributed by atoms with E-state index in [4.69, 9.17) is 0 Å². The summed E-state index contributed by atoms with van der Waals surface area (Å²) in [4.78, 5) is 10.0. The van der Waals surface area contributed by atoms with Crippen LogP contribution in [0.5, 0.6) is 0 Å². The molecule has 0 unspecified atom stereocenters. The Labute approximate surface area is 54.4 Å². The van der Waals surface area contributed by atoms with Gasteiger partial charge in [0.05, 0.1) is 6.67 Å². The molecule has 1 fully saturated rings. The van der Waals surface area contributed by atoms with Crippen LogP contribution in [0, 0.1) is 0 Å². The molecule has 0 aliphatic carbocycles. The fraction of sp³-hybridized carbons (Fsp3) is 0.800. The van der Waals surface area contributed by atoms with Gasteiger partial charge in [-0.3, -0.25) is 9.80 Å². The van der Waals surface area contributed by atoms with Crippen molar-refractivity contribution in [2.24, 2.45) is 0 Å². The van der Waals surface area contributed by atoms with Gasteiger partial charge >= 0.3 is 6.41 Å². The number of hydrogen-bond acceptors (Lipinski definition) is 3. The van der Waals surface area contributed by atoms with E-state index in [1.165, 1.54) is 5.01 Å². The molecule has 0 aromatic carbocycles. The zero-order valence-corrected chi connectivity index (χ0v) is 5.42. The Morgan fingerprint density at radius 1 is 1.78 bits per heavy atom. The van der Waals surface area contributed by atoms with Crippen molar-refractivity contribution in [2.45, 2.75) is 0 Å². The number of amides is 1. The molecule has 51 valence electrons. The number of nitrogens with zero attached hydrogens (tertiary/aromatic N) is 2. The molecule has 0 spiro atoms. The highest BCUT2D eigenvalue weighted by molar-refractivity contribution is 5.46. The van der Waals surface area contributed by atoms with Gasteiger partial charge in [-0.15, -0.1) is 0 Å². The van der Waals surface area contributed by atoms with E-state index in [0.29, 0.717) is 0 Å². The first-order valence-corrected chi connectivity index (χ1v) is 2.91. The molecule has 4 nitrogen and oxygen atoms in total. The number of hydrazine groups is 1. The van der Waals surface area contributed by atoms with Gasteiger partial charge in [-0.25, -0.2) is 5.01 Å². The summed E-state index contributed by atoms with van der Waals surface area (Å²) in [5, 5.41) is 6.41. The number of rotatable bonds is 2. The minimum atomic E-state index is 0.756. The molecule has 1 amide bonds. The molecule has 9 heavy (non-hydrogen) atoms. The van der Waals surface area contributed by atoms with Gasteiger partial charge in [0.2, 0.25) is 0 Å². The minimum absolute atomic E-state index is 0.756. The van der Waals surface area contributed by atoms with Gasteiger partial charge in [0, 0.05) is 20.1 Å². The number of nitrogens with one attached hydrogen (secondary N) is 1. The van der Waals surface area contributed by atoms with E-state index in [0.717, 1.165) is 19.8 Å². The maximum atomic E-state index is 10.0. The second-order valence-electron chi connectivity index (χ2n) is 2.00.